The first kappa shape index (κ1) is 23.5. The fraction of sp³-hybridized carbons (Fsp3) is 0.222. The lowest BCUT2D eigenvalue weighted by Gasteiger charge is -2.28. The molecule has 0 saturated heterocycles. The van der Waals surface area contributed by atoms with Gasteiger partial charge in [-0.1, -0.05) is 55.8 Å². The van der Waals surface area contributed by atoms with Crippen molar-refractivity contribution in [2.45, 2.75) is 26.4 Å². The number of amides is 2. The van der Waals surface area contributed by atoms with Crippen LogP contribution in [0.5, 0.6) is 0 Å². The Hall–Kier alpha value is -3.64. The summed E-state index contributed by atoms with van der Waals surface area (Å²) in [6, 6.07) is 19.2. The second-order valence-corrected chi connectivity index (χ2v) is 9.00. The number of methoxy groups -OCH3 is 1. The zero-order valence-electron chi connectivity index (χ0n) is 19.2. The Labute approximate surface area is 203 Å². The van der Waals surface area contributed by atoms with Crippen LogP contribution in [0.25, 0.3) is 11.1 Å². The van der Waals surface area contributed by atoms with Crippen molar-refractivity contribution < 1.29 is 19.1 Å². The van der Waals surface area contributed by atoms with Crippen molar-refractivity contribution in [2.75, 3.05) is 12.4 Å². The quantitative estimate of drug-likeness (QED) is 0.482. The summed E-state index contributed by atoms with van der Waals surface area (Å²) in [6.45, 7) is 4.17. The summed E-state index contributed by atoms with van der Waals surface area (Å²) in [5.41, 5.74) is 4.38. The normalized spacial score (nSPS) is 13.6. The third-order valence-corrected chi connectivity index (χ3v) is 6.15. The van der Waals surface area contributed by atoms with Crippen LogP contribution in [-0.4, -0.2) is 35.8 Å². The maximum Gasteiger partial charge on any atom is 0.328 e. The van der Waals surface area contributed by atoms with E-state index in [0.29, 0.717) is 28.4 Å². The number of ether oxygens (including phenoxy) is 1. The molecule has 7 heteroatoms. The van der Waals surface area contributed by atoms with E-state index in [1.807, 2.05) is 56.3 Å². The van der Waals surface area contributed by atoms with Gasteiger partial charge in [-0.05, 0) is 59.0 Å². The molecule has 2 amide bonds. The smallest absolute Gasteiger partial charge is 0.328 e. The summed E-state index contributed by atoms with van der Waals surface area (Å²) < 4.78 is 4.93. The summed E-state index contributed by atoms with van der Waals surface area (Å²) in [7, 11) is 1.34. The van der Waals surface area contributed by atoms with Gasteiger partial charge in [0, 0.05) is 28.4 Å². The van der Waals surface area contributed by atoms with Crippen LogP contribution in [0.1, 0.15) is 40.1 Å². The Morgan fingerprint density at radius 2 is 1.71 bits per heavy atom. The van der Waals surface area contributed by atoms with E-state index in [1.165, 1.54) is 7.11 Å². The van der Waals surface area contributed by atoms with Gasteiger partial charge in [0.05, 0.1) is 7.11 Å². The Balaban J connectivity index is 1.52. The first-order chi connectivity index (χ1) is 16.3. The van der Waals surface area contributed by atoms with E-state index >= 15 is 0 Å². The molecule has 1 N–H and O–H groups in total. The summed E-state index contributed by atoms with van der Waals surface area (Å²) >= 11 is 5.97. The van der Waals surface area contributed by atoms with E-state index in [-0.39, 0.29) is 17.7 Å². The van der Waals surface area contributed by atoms with E-state index in [0.717, 1.165) is 16.7 Å². The lowest BCUT2D eigenvalue weighted by atomic mass is 10.00. The van der Waals surface area contributed by atoms with Crippen LogP contribution in [0.3, 0.4) is 0 Å². The van der Waals surface area contributed by atoms with Crippen molar-refractivity contribution >= 4 is 35.1 Å². The molecular weight excluding hydrogens is 452 g/mol. The molecule has 0 aromatic heterocycles. The molecule has 174 valence electrons. The molecule has 0 unspecified atom stereocenters. The molecule has 4 rings (SSSR count). The number of esters is 1. The second-order valence-electron chi connectivity index (χ2n) is 8.56. The Kier molecular flexibility index (Phi) is 6.70. The first-order valence-corrected chi connectivity index (χ1v) is 11.4. The van der Waals surface area contributed by atoms with Crippen LogP contribution < -0.4 is 5.32 Å². The average molecular weight is 477 g/mol. The minimum atomic E-state index is -0.629. The van der Waals surface area contributed by atoms with Gasteiger partial charge in [0.15, 0.2) is 0 Å². The predicted octanol–water partition coefficient (Wildman–Crippen LogP) is 5.41. The molecule has 6 nitrogen and oxygen atoms in total. The number of nitrogens with one attached hydrogen (secondary N) is 1. The highest BCUT2D eigenvalue weighted by Gasteiger charge is 2.38. The molecule has 1 heterocycles. The Bertz CT molecular complexity index is 1250. The van der Waals surface area contributed by atoms with E-state index in [2.05, 4.69) is 5.32 Å². The third kappa shape index (κ3) is 4.68. The molecule has 3 aromatic carbocycles. The first-order valence-electron chi connectivity index (χ1n) is 11.0. The molecular formula is C27H25ClN2O4. The van der Waals surface area contributed by atoms with E-state index in [1.54, 1.807) is 29.2 Å². The standard InChI is InChI=1S/C27H25ClN2O4/c1-16(2)24(27(33)34-3)30-15-20-8-7-18(14-23(20)26(30)32)17-9-11-22(12-10-17)29-25(31)19-5-4-6-21(28)13-19/h4-14,16,24H,15H2,1-3H3,(H,29,31)/t24-/m0/s1. The molecule has 0 spiro atoms. The molecule has 0 fully saturated rings. The molecule has 0 saturated carbocycles. The number of fused-ring (bicyclic) bond motifs is 1. The van der Waals surface area contributed by atoms with Crippen molar-refractivity contribution in [1.29, 1.82) is 0 Å². The summed E-state index contributed by atoms with van der Waals surface area (Å²) in [5, 5.41) is 3.35. The minimum absolute atomic E-state index is 0.0696. The van der Waals surface area contributed by atoms with Crippen LogP contribution in [0.2, 0.25) is 5.02 Å². The molecule has 1 aliphatic rings. The molecule has 34 heavy (non-hydrogen) atoms. The lowest BCUT2D eigenvalue weighted by Crippen LogP contribution is -2.45. The van der Waals surface area contributed by atoms with Gasteiger partial charge >= 0.3 is 5.97 Å². The number of benzene rings is 3. The maximum atomic E-state index is 13.1. The zero-order chi connectivity index (χ0) is 24.4. The van der Waals surface area contributed by atoms with Crippen molar-refractivity contribution in [2.24, 2.45) is 5.92 Å². The number of hydrogen-bond donors (Lipinski definition) is 1. The van der Waals surface area contributed by atoms with E-state index in [9.17, 15) is 14.4 Å². The molecule has 0 radical (unpaired) electrons. The largest absolute Gasteiger partial charge is 0.467 e. The molecule has 1 atom stereocenters. The van der Waals surface area contributed by atoms with Crippen molar-refractivity contribution in [3.63, 3.8) is 0 Å². The van der Waals surface area contributed by atoms with E-state index < -0.39 is 12.0 Å². The second kappa shape index (κ2) is 9.69. The van der Waals surface area contributed by atoms with Crippen LogP contribution in [0, 0.1) is 5.92 Å². The lowest BCUT2D eigenvalue weighted by molar-refractivity contribution is -0.147. The van der Waals surface area contributed by atoms with Gasteiger partial charge in [-0.15, -0.1) is 0 Å². The highest BCUT2D eigenvalue weighted by molar-refractivity contribution is 6.31. The van der Waals surface area contributed by atoms with Crippen LogP contribution in [0.15, 0.2) is 66.7 Å². The molecule has 0 bridgehead atoms. The average Bonchev–Trinajstić information content (AvgIpc) is 3.14. The van der Waals surface area contributed by atoms with E-state index in [4.69, 9.17) is 16.3 Å². The van der Waals surface area contributed by atoms with Crippen LogP contribution >= 0.6 is 11.6 Å². The monoisotopic (exact) mass is 476 g/mol. The molecule has 0 aliphatic carbocycles. The number of anilines is 1. The van der Waals surface area contributed by atoms with Crippen molar-refractivity contribution in [1.82, 2.24) is 4.90 Å². The highest BCUT2D eigenvalue weighted by Crippen LogP contribution is 2.32. The number of carbonyl (C=O) groups is 3. The summed E-state index contributed by atoms with van der Waals surface area (Å²) in [5.74, 6) is -0.901. The van der Waals surface area contributed by atoms with Crippen LogP contribution in [0.4, 0.5) is 5.69 Å². The van der Waals surface area contributed by atoms with Gasteiger partial charge in [-0.2, -0.15) is 0 Å². The van der Waals surface area contributed by atoms with Gasteiger partial charge < -0.3 is 15.0 Å². The molecule has 3 aromatic rings. The van der Waals surface area contributed by atoms with Crippen LogP contribution in [-0.2, 0) is 16.1 Å². The number of rotatable bonds is 6. The number of carbonyl (C=O) groups excluding carboxylic acids is 3. The predicted molar refractivity (Wildman–Crippen MR) is 132 cm³/mol. The fourth-order valence-electron chi connectivity index (χ4n) is 4.19. The topological polar surface area (TPSA) is 75.7 Å². The maximum absolute atomic E-state index is 13.1. The zero-order valence-corrected chi connectivity index (χ0v) is 19.9. The van der Waals surface area contributed by atoms with Gasteiger partial charge in [0.2, 0.25) is 0 Å². The minimum Gasteiger partial charge on any atom is -0.467 e. The Morgan fingerprint density at radius 3 is 2.35 bits per heavy atom. The Morgan fingerprint density at radius 1 is 1.00 bits per heavy atom. The van der Waals surface area contributed by atoms with Gasteiger partial charge in [-0.25, -0.2) is 4.79 Å². The summed E-state index contributed by atoms with van der Waals surface area (Å²) in [6.07, 6.45) is 0. The fourth-order valence-corrected chi connectivity index (χ4v) is 4.38. The highest BCUT2D eigenvalue weighted by atomic mass is 35.5. The van der Waals surface area contributed by atoms with Gasteiger partial charge in [0.25, 0.3) is 11.8 Å². The number of halogens is 1. The van der Waals surface area contributed by atoms with Gasteiger partial charge in [-0.3, -0.25) is 9.59 Å². The van der Waals surface area contributed by atoms with Gasteiger partial charge in [0.1, 0.15) is 6.04 Å². The number of hydrogen-bond acceptors (Lipinski definition) is 4. The number of nitrogens with zero attached hydrogens (tertiary/aromatic N) is 1. The van der Waals surface area contributed by atoms with Crippen molar-refractivity contribution in [3.8, 4) is 11.1 Å². The summed E-state index contributed by atoms with van der Waals surface area (Å²) in [4.78, 5) is 39.5. The van der Waals surface area contributed by atoms with Crippen molar-refractivity contribution in [3.05, 3.63) is 88.4 Å². The third-order valence-electron chi connectivity index (χ3n) is 5.91. The SMILES string of the molecule is COC(=O)[C@H](C(C)C)N1Cc2ccc(-c3ccc(NC(=O)c4cccc(Cl)c4)cc3)cc2C1=O. The molecule has 1 aliphatic heterocycles.